The summed E-state index contributed by atoms with van der Waals surface area (Å²) in [4.78, 5) is 12.0. The maximum absolute atomic E-state index is 12.2. The molecule has 0 heterocycles. The predicted molar refractivity (Wildman–Crippen MR) is 145 cm³/mol. The average molecular weight is 858 g/mol. The topological polar surface area (TPSA) is 91.7 Å². The molecule has 3 rings (SSSR count). The van der Waals surface area contributed by atoms with Crippen molar-refractivity contribution in [3.8, 4) is 5.75 Å². The first kappa shape index (κ1) is 23.6. The van der Waals surface area contributed by atoms with E-state index in [0.717, 1.165) is 0 Å². The number of aromatic hydroxyl groups is 1. The third-order valence-electron chi connectivity index (χ3n) is 4.03. The van der Waals surface area contributed by atoms with Crippen LogP contribution in [0.5, 0.6) is 5.75 Å². The number of Topliss-reactive ketones (excluding diaryl/α,β-unsaturated/α-hetero) is 1. The first-order valence-corrected chi connectivity index (χ1v) is 13.5. The van der Waals surface area contributed by atoms with Crippen molar-refractivity contribution in [2.75, 3.05) is 0 Å². The summed E-state index contributed by atoms with van der Waals surface area (Å²) in [5.74, 6) is 0.0312. The third kappa shape index (κ3) is 5.07. The highest BCUT2D eigenvalue weighted by Crippen LogP contribution is 2.39. The summed E-state index contributed by atoms with van der Waals surface area (Å²) in [6, 6.07) is 9.62. The molecule has 0 radical (unpaired) electrons. The normalized spacial score (nSPS) is 14.5. The highest BCUT2D eigenvalue weighted by atomic mass is 127. The van der Waals surface area contributed by atoms with Gasteiger partial charge in [0.05, 0.1) is 14.3 Å². The third-order valence-corrected chi connectivity index (χ3v) is 8.19. The molecule has 0 saturated carbocycles. The minimum Gasteiger partial charge on any atom is -0.506 e. The largest absolute Gasteiger partial charge is 0.506 e. The Morgan fingerprint density at radius 3 is 1.93 bits per heavy atom. The summed E-state index contributed by atoms with van der Waals surface area (Å²) in [5, 5.41) is 10.2. The van der Waals surface area contributed by atoms with Gasteiger partial charge in [-0.3, -0.25) is 9.35 Å². The lowest BCUT2D eigenvalue weighted by atomic mass is 9.91. The molecule has 0 fully saturated rings. The standard InChI is InChI=1S/C19H10I4O5S/c20-12-5-9(6-13(21)18(12)24)17(10-7-14(22)19(25)15(23)8-10)11-3-1-2-4-16(11)29(26,27)28/h1-8,24H,(H,26,27,28). The summed E-state index contributed by atoms with van der Waals surface area (Å²) in [6.07, 6.45) is 3.38. The summed E-state index contributed by atoms with van der Waals surface area (Å²) >= 11 is 7.91. The molecule has 1 aliphatic carbocycles. The lowest BCUT2D eigenvalue weighted by molar-refractivity contribution is -0.110. The van der Waals surface area contributed by atoms with Crippen LogP contribution >= 0.6 is 90.4 Å². The number of halogens is 4. The van der Waals surface area contributed by atoms with Crippen molar-refractivity contribution in [1.29, 1.82) is 0 Å². The molecular weight excluding hydrogens is 848 g/mol. The Bertz CT molecular complexity index is 1200. The van der Waals surface area contributed by atoms with E-state index in [-0.39, 0.29) is 16.4 Å². The Kier molecular flexibility index (Phi) is 7.51. The molecule has 10 heteroatoms. The van der Waals surface area contributed by atoms with Crippen molar-refractivity contribution in [3.05, 3.63) is 79.6 Å². The second-order valence-electron chi connectivity index (χ2n) is 5.90. The van der Waals surface area contributed by atoms with E-state index in [1.54, 1.807) is 36.4 Å². The number of hydrogen-bond acceptors (Lipinski definition) is 4. The van der Waals surface area contributed by atoms with Gasteiger partial charge in [0.15, 0.2) is 0 Å². The van der Waals surface area contributed by atoms with Crippen molar-refractivity contribution < 1.29 is 22.9 Å². The van der Waals surface area contributed by atoms with E-state index >= 15 is 0 Å². The highest BCUT2D eigenvalue weighted by molar-refractivity contribution is 14.1. The number of carbonyl (C=O) groups excluding carboxylic acids is 1. The van der Waals surface area contributed by atoms with Crippen LogP contribution in [-0.4, -0.2) is 23.9 Å². The van der Waals surface area contributed by atoms with E-state index in [9.17, 15) is 22.9 Å². The van der Waals surface area contributed by atoms with E-state index in [4.69, 9.17) is 0 Å². The molecule has 0 bridgehead atoms. The van der Waals surface area contributed by atoms with Gasteiger partial charge in [0.2, 0.25) is 5.78 Å². The zero-order chi connectivity index (χ0) is 21.5. The van der Waals surface area contributed by atoms with Crippen molar-refractivity contribution in [2.24, 2.45) is 0 Å². The van der Waals surface area contributed by atoms with Crippen LogP contribution in [0.25, 0.3) is 5.57 Å². The van der Waals surface area contributed by atoms with Crippen LogP contribution in [0.15, 0.2) is 66.2 Å². The Hall–Kier alpha value is -0.0400. The van der Waals surface area contributed by atoms with Gasteiger partial charge in [0.25, 0.3) is 10.1 Å². The molecule has 29 heavy (non-hydrogen) atoms. The van der Waals surface area contributed by atoms with Gasteiger partial charge in [-0.1, -0.05) is 18.2 Å². The number of hydrogen-bond donors (Lipinski definition) is 2. The van der Waals surface area contributed by atoms with E-state index in [0.29, 0.717) is 36.6 Å². The van der Waals surface area contributed by atoms with Gasteiger partial charge in [-0.2, -0.15) is 8.42 Å². The number of phenolic OH excluding ortho intramolecular Hbond substituents is 1. The molecule has 5 nitrogen and oxygen atoms in total. The fourth-order valence-corrected chi connectivity index (χ4v) is 7.02. The first-order valence-electron chi connectivity index (χ1n) is 7.79. The number of ketones is 1. The molecule has 0 unspecified atom stereocenters. The van der Waals surface area contributed by atoms with Crippen LogP contribution < -0.4 is 0 Å². The van der Waals surface area contributed by atoms with Gasteiger partial charge in [-0.25, -0.2) is 0 Å². The minimum absolute atomic E-state index is 0.104. The number of benzene rings is 2. The summed E-state index contributed by atoms with van der Waals surface area (Å²) in [6.45, 7) is 0. The van der Waals surface area contributed by atoms with E-state index in [1.807, 2.05) is 90.4 Å². The molecule has 2 aromatic rings. The van der Waals surface area contributed by atoms with Gasteiger partial charge in [0, 0.05) is 5.56 Å². The molecule has 0 aromatic heterocycles. The Balaban J connectivity index is 2.47. The Morgan fingerprint density at radius 2 is 1.41 bits per heavy atom. The lowest BCUT2D eigenvalue weighted by Crippen LogP contribution is -2.07. The van der Waals surface area contributed by atoms with Crippen LogP contribution in [-0.2, 0) is 14.9 Å². The predicted octanol–water partition coefficient (Wildman–Crippen LogP) is 5.87. The van der Waals surface area contributed by atoms with E-state index in [2.05, 4.69) is 0 Å². The fraction of sp³-hybridized carbons (Fsp3) is 0. The Morgan fingerprint density at radius 1 is 0.897 bits per heavy atom. The van der Waals surface area contributed by atoms with Crippen LogP contribution in [0, 0.1) is 7.14 Å². The van der Waals surface area contributed by atoms with Crippen LogP contribution in [0.3, 0.4) is 0 Å². The number of rotatable bonds is 3. The summed E-state index contributed by atoms with van der Waals surface area (Å²) < 4.78 is 36.0. The van der Waals surface area contributed by atoms with Gasteiger partial charge >= 0.3 is 0 Å². The molecule has 0 aliphatic heterocycles. The fourth-order valence-electron chi connectivity index (χ4n) is 2.79. The van der Waals surface area contributed by atoms with E-state index in [1.165, 1.54) is 12.1 Å². The molecule has 0 spiro atoms. The van der Waals surface area contributed by atoms with Crippen molar-refractivity contribution in [3.63, 3.8) is 0 Å². The monoisotopic (exact) mass is 858 g/mol. The van der Waals surface area contributed by atoms with Gasteiger partial charge in [-0.15, -0.1) is 0 Å². The average Bonchev–Trinajstić information content (AvgIpc) is 2.64. The van der Waals surface area contributed by atoms with Gasteiger partial charge < -0.3 is 5.11 Å². The smallest absolute Gasteiger partial charge is 0.295 e. The van der Waals surface area contributed by atoms with Gasteiger partial charge in [-0.05, 0) is 137 Å². The van der Waals surface area contributed by atoms with Crippen LogP contribution in [0.1, 0.15) is 11.1 Å². The lowest BCUT2D eigenvalue weighted by Gasteiger charge is -2.18. The van der Waals surface area contributed by atoms with Gasteiger partial charge in [0.1, 0.15) is 10.6 Å². The first-order chi connectivity index (χ1) is 13.5. The molecule has 0 amide bonds. The zero-order valence-electron chi connectivity index (χ0n) is 14.2. The van der Waals surface area contributed by atoms with Crippen molar-refractivity contribution >= 4 is 112 Å². The van der Waals surface area contributed by atoms with Crippen LogP contribution in [0.2, 0.25) is 0 Å². The van der Waals surface area contributed by atoms with Crippen molar-refractivity contribution in [1.82, 2.24) is 0 Å². The molecule has 150 valence electrons. The molecular formula is C19H10I4O5S. The second-order valence-corrected chi connectivity index (χ2v) is 11.9. The maximum Gasteiger partial charge on any atom is 0.295 e. The molecule has 1 aliphatic rings. The number of carbonyl (C=O) groups is 1. The quantitative estimate of drug-likeness (QED) is 0.298. The second kappa shape index (κ2) is 9.22. The summed E-state index contributed by atoms with van der Waals surface area (Å²) in [5.41, 5.74) is 2.12. The molecule has 2 N–H and O–H groups in total. The SMILES string of the molecule is O=C1C(I)=CC(=C(c2cc(I)c(O)c(I)c2)c2ccccc2S(=O)(=O)O)C=C1I. The van der Waals surface area contributed by atoms with Crippen molar-refractivity contribution in [2.45, 2.75) is 4.90 Å². The highest BCUT2D eigenvalue weighted by Gasteiger charge is 2.24. The molecule has 0 saturated heterocycles. The maximum atomic E-state index is 12.2. The van der Waals surface area contributed by atoms with Crippen LogP contribution in [0.4, 0.5) is 0 Å². The van der Waals surface area contributed by atoms with E-state index < -0.39 is 10.1 Å². The molecule has 0 atom stereocenters. The number of phenols is 1. The zero-order valence-corrected chi connectivity index (χ0v) is 23.6. The Labute approximate surface area is 222 Å². The number of allylic oxidation sites excluding steroid dienone is 5. The minimum atomic E-state index is -4.49. The summed E-state index contributed by atoms with van der Waals surface area (Å²) in [7, 11) is -4.49. The molecule has 2 aromatic carbocycles.